The third-order valence-corrected chi connectivity index (χ3v) is 7.82. The topological polar surface area (TPSA) is 60.9 Å². The highest BCUT2D eigenvalue weighted by Crippen LogP contribution is 2.52. The lowest BCUT2D eigenvalue weighted by Gasteiger charge is -2.53. The van der Waals surface area contributed by atoms with E-state index in [4.69, 9.17) is 11.6 Å². The largest absolute Gasteiger partial charge is 0.481 e. The minimum absolute atomic E-state index is 0.222. The van der Waals surface area contributed by atoms with Crippen molar-refractivity contribution >= 4 is 23.5 Å². The van der Waals surface area contributed by atoms with E-state index >= 15 is 0 Å². The van der Waals surface area contributed by atoms with Gasteiger partial charge in [-0.2, -0.15) is 0 Å². The number of carbonyl (C=O) groups excluding carboxylic acids is 1. The van der Waals surface area contributed by atoms with Gasteiger partial charge in [0.15, 0.2) is 0 Å². The molecular weight excluding hydrogens is 486 g/mol. The van der Waals surface area contributed by atoms with E-state index in [1.54, 1.807) is 22.8 Å². The van der Waals surface area contributed by atoms with Crippen LogP contribution in [0, 0.1) is 12.3 Å². The molecule has 2 fully saturated rings. The van der Waals surface area contributed by atoms with Crippen molar-refractivity contribution in [3.63, 3.8) is 0 Å². The Hall–Kier alpha value is -2.51. The van der Waals surface area contributed by atoms with Crippen molar-refractivity contribution in [2.24, 2.45) is 5.41 Å². The number of aryl methyl sites for hydroxylation is 1. The highest BCUT2D eigenvalue weighted by molar-refractivity contribution is 6.30. The maximum Gasteiger partial charge on any atom is 0.304 e. The molecule has 0 aromatic heterocycles. The van der Waals surface area contributed by atoms with E-state index < -0.39 is 17.3 Å². The lowest BCUT2D eigenvalue weighted by Crippen LogP contribution is -2.62. The Morgan fingerprint density at radius 3 is 2.39 bits per heavy atom. The van der Waals surface area contributed by atoms with Gasteiger partial charge in [0.05, 0.1) is 31.0 Å². The van der Waals surface area contributed by atoms with Crippen LogP contribution in [0.4, 0.5) is 8.78 Å². The number of alkyl halides is 2. The van der Waals surface area contributed by atoms with Gasteiger partial charge in [-0.25, -0.2) is 8.78 Å². The summed E-state index contributed by atoms with van der Waals surface area (Å²) in [4.78, 5) is 29.5. The second-order valence-corrected chi connectivity index (χ2v) is 11.1. The van der Waals surface area contributed by atoms with Gasteiger partial charge in [0.1, 0.15) is 0 Å². The molecule has 0 bridgehead atoms. The Balaban J connectivity index is 1.83. The molecule has 1 N–H and O–H groups in total. The van der Waals surface area contributed by atoms with Gasteiger partial charge < -0.3 is 10.0 Å². The van der Waals surface area contributed by atoms with Crippen molar-refractivity contribution in [2.45, 2.75) is 64.0 Å². The monoisotopic (exact) mass is 518 g/mol. The van der Waals surface area contributed by atoms with E-state index in [1.807, 2.05) is 56.3 Å². The summed E-state index contributed by atoms with van der Waals surface area (Å²) in [6.45, 7) is 5.30. The number of hydrogen-bond donors (Lipinski definition) is 1. The summed E-state index contributed by atoms with van der Waals surface area (Å²) in [5.74, 6) is -4.21. The fourth-order valence-corrected chi connectivity index (χ4v) is 6.03. The Labute approximate surface area is 216 Å². The van der Waals surface area contributed by atoms with E-state index in [1.165, 1.54) is 0 Å². The van der Waals surface area contributed by atoms with Gasteiger partial charge in [-0.1, -0.05) is 67.4 Å². The predicted molar refractivity (Wildman–Crippen MR) is 135 cm³/mol. The van der Waals surface area contributed by atoms with Crippen LogP contribution in [-0.2, 0) is 9.59 Å². The second-order valence-electron chi connectivity index (χ2n) is 10.7. The molecule has 4 rings (SSSR count). The van der Waals surface area contributed by atoms with Crippen LogP contribution in [0.15, 0.2) is 48.5 Å². The molecule has 8 heteroatoms. The number of hydrogen-bond acceptors (Lipinski definition) is 3. The van der Waals surface area contributed by atoms with Gasteiger partial charge in [-0.05, 0) is 43.0 Å². The van der Waals surface area contributed by atoms with Crippen molar-refractivity contribution in [1.29, 1.82) is 0 Å². The highest BCUT2D eigenvalue weighted by atomic mass is 35.5. The van der Waals surface area contributed by atoms with E-state index in [0.29, 0.717) is 24.4 Å². The Kier molecular flexibility index (Phi) is 7.45. The minimum Gasteiger partial charge on any atom is -0.481 e. The molecule has 0 saturated carbocycles. The lowest BCUT2D eigenvalue weighted by molar-refractivity contribution is -0.165. The third-order valence-electron chi connectivity index (χ3n) is 7.58. The molecule has 2 aromatic rings. The quantitative estimate of drug-likeness (QED) is 0.471. The molecule has 5 nitrogen and oxygen atoms in total. The zero-order chi connectivity index (χ0) is 26.3. The van der Waals surface area contributed by atoms with Crippen LogP contribution >= 0.6 is 11.6 Å². The number of halogens is 3. The van der Waals surface area contributed by atoms with Crippen molar-refractivity contribution in [2.75, 3.05) is 19.6 Å². The molecule has 0 spiro atoms. The van der Waals surface area contributed by atoms with Gasteiger partial charge in [-0.3, -0.25) is 14.5 Å². The molecule has 2 aromatic carbocycles. The first-order valence-electron chi connectivity index (χ1n) is 12.4. The molecule has 2 aliphatic heterocycles. The summed E-state index contributed by atoms with van der Waals surface area (Å²) in [6, 6.07) is 14.7. The maximum absolute atomic E-state index is 14.2. The van der Waals surface area contributed by atoms with Crippen LogP contribution in [0.25, 0.3) is 0 Å². The average molecular weight is 519 g/mol. The van der Waals surface area contributed by atoms with Crippen LogP contribution in [0.2, 0.25) is 5.02 Å². The van der Waals surface area contributed by atoms with Crippen LogP contribution in [0.5, 0.6) is 0 Å². The molecule has 36 heavy (non-hydrogen) atoms. The summed E-state index contributed by atoms with van der Waals surface area (Å²) in [7, 11) is 0. The zero-order valence-electron chi connectivity index (χ0n) is 20.9. The van der Waals surface area contributed by atoms with E-state index in [2.05, 4.69) is 0 Å². The number of rotatable bonds is 8. The number of piperidine rings is 1. The molecule has 2 aliphatic rings. The van der Waals surface area contributed by atoms with Crippen molar-refractivity contribution in [3.05, 3.63) is 70.2 Å². The fraction of sp³-hybridized carbons (Fsp3) is 0.500. The summed E-state index contributed by atoms with van der Waals surface area (Å²) < 4.78 is 27.3. The molecular formula is C28H33ClF2N2O3. The van der Waals surface area contributed by atoms with E-state index in [0.717, 1.165) is 16.7 Å². The number of carbonyl (C=O) groups is 2. The first kappa shape index (κ1) is 26.6. The van der Waals surface area contributed by atoms with Gasteiger partial charge in [0.2, 0.25) is 5.91 Å². The van der Waals surface area contributed by atoms with Crippen molar-refractivity contribution in [1.82, 2.24) is 9.80 Å². The van der Waals surface area contributed by atoms with Crippen LogP contribution in [0.1, 0.15) is 61.8 Å². The Morgan fingerprint density at radius 2 is 1.83 bits per heavy atom. The number of carboxylic acid groups (broad SMARTS) is 1. The van der Waals surface area contributed by atoms with Gasteiger partial charge in [-0.15, -0.1) is 0 Å². The lowest BCUT2D eigenvalue weighted by atomic mass is 9.67. The normalized spacial score (nSPS) is 26.9. The van der Waals surface area contributed by atoms with E-state index in [-0.39, 0.29) is 43.4 Å². The number of aliphatic carboxylic acids is 1. The standard InChI is InChI=1S/C28H33ClF2N2O3/c1-4-22(15-32-16-28(30,31)17-32)33-25(19-10-8-18(2)9-11-19)23(20-6-5-7-21(29)12-20)13-27(3,26(33)36)14-24(34)35/h5-12,22-23,25H,4,13-17H2,1-3H3,(H,34,35)/t22-,23+,25+,27+/m0/s1. The van der Waals surface area contributed by atoms with Crippen molar-refractivity contribution < 1.29 is 23.5 Å². The van der Waals surface area contributed by atoms with Gasteiger partial charge >= 0.3 is 5.97 Å². The first-order chi connectivity index (χ1) is 16.9. The highest BCUT2D eigenvalue weighted by Gasteiger charge is 2.53. The maximum atomic E-state index is 14.2. The first-order valence-corrected chi connectivity index (χ1v) is 12.8. The number of amides is 1. The van der Waals surface area contributed by atoms with Gasteiger partial charge in [0.25, 0.3) is 5.92 Å². The fourth-order valence-electron chi connectivity index (χ4n) is 5.83. The Morgan fingerprint density at radius 1 is 1.17 bits per heavy atom. The average Bonchev–Trinajstić information content (AvgIpc) is 2.78. The molecule has 0 unspecified atom stereocenters. The SMILES string of the molecule is CC[C@@H](CN1CC(F)(F)C1)N1C(=O)[C@@](C)(CC(=O)O)C[C@H](c2cccc(Cl)c2)[C@H]1c1ccc(C)cc1. The summed E-state index contributed by atoms with van der Waals surface area (Å²) in [5.41, 5.74) is 1.79. The molecule has 1 amide bonds. The number of benzene rings is 2. The number of likely N-dealkylation sites (tertiary alicyclic amines) is 2. The molecule has 4 atom stereocenters. The number of nitrogens with zero attached hydrogens (tertiary/aromatic N) is 2. The molecule has 0 aliphatic carbocycles. The Bertz CT molecular complexity index is 1120. The molecule has 0 radical (unpaired) electrons. The third kappa shape index (κ3) is 5.42. The van der Waals surface area contributed by atoms with Gasteiger partial charge in [0, 0.05) is 23.5 Å². The van der Waals surface area contributed by atoms with E-state index in [9.17, 15) is 23.5 Å². The van der Waals surface area contributed by atoms with Crippen LogP contribution < -0.4 is 0 Å². The van der Waals surface area contributed by atoms with Crippen molar-refractivity contribution in [3.8, 4) is 0 Å². The minimum atomic E-state index is -2.71. The zero-order valence-corrected chi connectivity index (χ0v) is 21.6. The molecule has 194 valence electrons. The summed E-state index contributed by atoms with van der Waals surface area (Å²) >= 11 is 6.36. The second kappa shape index (κ2) is 10.1. The molecule has 2 saturated heterocycles. The number of carboxylic acids is 1. The summed E-state index contributed by atoms with van der Waals surface area (Å²) in [6.07, 6.45) is 0.589. The predicted octanol–water partition coefficient (Wildman–Crippen LogP) is 5.92. The van der Waals surface area contributed by atoms with Crippen LogP contribution in [-0.4, -0.2) is 58.4 Å². The smallest absolute Gasteiger partial charge is 0.304 e. The van der Waals surface area contributed by atoms with Crippen LogP contribution in [0.3, 0.4) is 0 Å². The summed E-state index contributed by atoms with van der Waals surface area (Å²) in [5, 5.41) is 10.3. The molecule has 2 heterocycles.